The van der Waals surface area contributed by atoms with E-state index in [4.69, 9.17) is 28.4 Å². The number of aliphatic hydroxyl groups excluding tert-OH is 12. The molecule has 3 aliphatic heterocycles. The number of aldehydes is 1. The van der Waals surface area contributed by atoms with Crippen LogP contribution in [0.15, 0.2) is 34.4 Å². The second kappa shape index (κ2) is 25.6. The highest BCUT2D eigenvalue weighted by molar-refractivity contribution is 5.86. The molecule has 4 rings (SSSR count). The third-order valence-corrected chi connectivity index (χ3v) is 14.9. The number of hydrogen-bond donors (Lipinski definition) is 13. The molecule has 398 valence electrons. The Morgan fingerprint density at radius 1 is 0.739 bits per heavy atom. The van der Waals surface area contributed by atoms with E-state index in [0.717, 1.165) is 17.4 Å². The zero-order valence-electron chi connectivity index (χ0n) is 40.8. The average molecular weight is 993 g/mol. The molecular formula is C48H80O21. The number of carbonyl (C=O) groups excluding carboxylic acids is 2. The second-order valence-electron chi connectivity index (χ2n) is 20.1. The SMILES string of the molecule is C/C(=C\C[C@@H](O[C@@H]1O[C@H](CO)[C@@H](O)[C@H](O)[C@H]1O)/C(C)=C/CC[C@@]1(C)[C@H](CCCO[C@@H]2O[C@H](CO)[C@@H](O)[C@H](O)[C@H]2O)/C(=C(\C)C=O)CC[C@]1(C)O)CCC(=O)C(C)(C)O[C@@H]1O[C@H](CO)[C@@H](O)[C@H](O)[C@H]1O. The Labute approximate surface area is 403 Å². The molecule has 4 fully saturated rings. The van der Waals surface area contributed by atoms with Gasteiger partial charge in [-0.25, -0.2) is 0 Å². The van der Waals surface area contributed by atoms with Crippen molar-refractivity contribution in [2.45, 2.75) is 216 Å². The van der Waals surface area contributed by atoms with Gasteiger partial charge in [-0.3, -0.25) is 9.59 Å². The van der Waals surface area contributed by atoms with Gasteiger partial charge in [-0.2, -0.15) is 0 Å². The van der Waals surface area contributed by atoms with Crippen molar-refractivity contribution in [1.29, 1.82) is 0 Å². The van der Waals surface area contributed by atoms with Crippen molar-refractivity contribution >= 4 is 12.1 Å². The predicted octanol–water partition coefficient (Wildman–Crippen LogP) is -1.54. The van der Waals surface area contributed by atoms with Crippen LogP contribution in [0.25, 0.3) is 0 Å². The smallest absolute Gasteiger partial charge is 0.187 e. The Kier molecular flexibility index (Phi) is 22.1. The molecule has 13 N–H and O–H groups in total. The van der Waals surface area contributed by atoms with Gasteiger partial charge in [-0.05, 0) is 110 Å². The minimum Gasteiger partial charge on any atom is -0.394 e. The number of ether oxygens (including phenoxy) is 6. The van der Waals surface area contributed by atoms with Crippen LogP contribution in [-0.4, -0.2) is 214 Å². The lowest BCUT2D eigenvalue weighted by Crippen LogP contribution is -2.61. The van der Waals surface area contributed by atoms with E-state index < -0.39 is 135 Å². The number of ketones is 1. The first-order chi connectivity index (χ1) is 32.3. The molecule has 69 heavy (non-hydrogen) atoms. The zero-order valence-corrected chi connectivity index (χ0v) is 40.8. The summed E-state index contributed by atoms with van der Waals surface area (Å²) in [6, 6.07) is 0. The van der Waals surface area contributed by atoms with E-state index in [1.807, 2.05) is 19.1 Å². The van der Waals surface area contributed by atoms with Crippen molar-refractivity contribution in [3.63, 3.8) is 0 Å². The van der Waals surface area contributed by atoms with Gasteiger partial charge < -0.3 is 94.8 Å². The first kappa shape index (κ1) is 59.4. The molecule has 21 heteroatoms. The summed E-state index contributed by atoms with van der Waals surface area (Å²) in [4.78, 5) is 25.6. The van der Waals surface area contributed by atoms with Gasteiger partial charge in [0.05, 0.1) is 31.5 Å². The molecule has 1 aliphatic carbocycles. The lowest BCUT2D eigenvalue weighted by Gasteiger charge is -2.53. The highest BCUT2D eigenvalue weighted by Crippen LogP contribution is 2.55. The highest BCUT2D eigenvalue weighted by Gasteiger charge is 2.53. The van der Waals surface area contributed by atoms with Gasteiger partial charge in [0.2, 0.25) is 0 Å². The first-order valence-corrected chi connectivity index (χ1v) is 23.9. The van der Waals surface area contributed by atoms with Gasteiger partial charge in [0.1, 0.15) is 85.1 Å². The third-order valence-electron chi connectivity index (χ3n) is 14.9. The van der Waals surface area contributed by atoms with Crippen LogP contribution in [-0.2, 0) is 38.0 Å². The Hall–Kier alpha value is -2.20. The fraction of sp³-hybridized carbons (Fsp3) is 0.833. The Balaban J connectivity index is 1.52. The molecule has 19 atom stereocenters. The van der Waals surface area contributed by atoms with Crippen molar-refractivity contribution in [2.24, 2.45) is 11.3 Å². The summed E-state index contributed by atoms with van der Waals surface area (Å²) in [5, 5.41) is 135. The molecule has 3 saturated heterocycles. The van der Waals surface area contributed by atoms with Gasteiger partial charge in [0, 0.05) is 18.4 Å². The third kappa shape index (κ3) is 14.1. The van der Waals surface area contributed by atoms with Crippen molar-refractivity contribution in [3.8, 4) is 0 Å². The summed E-state index contributed by atoms with van der Waals surface area (Å²) < 4.78 is 34.5. The molecule has 0 aromatic carbocycles. The number of allylic oxidation sites excluding steroid dienone is 4. The average Bonchev–Trinajstić information content (AvgIpc) is 3.31. The number of aliphatic hydroxyl groups is 13. The van der Waals surface area contributed by atoms with Crippen LogP contribution in [0.3, 0.4) is 0 Å². The summed E-state index contributed by atoms with van der Waals surface area (Å²) in [5.41, 5.74) is -0.709. The molecule has 3 heterocycles. The van der Waals surface area contributed by atoms with Gasteiger partial charge >= 0.3 is 0 Å². The minimum atomic E-state index is -1.70. The molecule has 0 amide bonds. The van der Waals surface area contributed by atoms with Crippen molar-refractivity contribution in [3.05, 3.63) is 34.4 Å². The van der Waals surface area contributed by atoms with Crippen molar-refractivity contribution < 1.29 is 104 Å². The quantitative estimate of drug-likeness (QED) is 0.0239. The van der Waals surface area contributed by atoms with Crippen LogP contribution < -0.4 is 0 Å². The van der Waals surface area contributed by atoms with Crippen LogP contribution in [0.5, 0.6) is 0 Å². The molecule has 0 bridgehead atoms. The maximum atomic E-state index is 13.4. The van der Waals surface area contributed by atoms with Crippen molar-refractivity contribution in [1.82, 2.24) is 0 Å². The fourth-order valence-electron chi connectivity index (χ4n) is 9.74. The van der Waals surface area contributed by atoms with Gasteiger partial charge in [-0.15, -0.1) is 0 Å². The molecular weight excluding hydrogens is 913 g/mol. The van der Waals surface area contributed by atoms with E-state index in [9.17, 15) is 76.0 Å². The molecule has 0 unspecified atom stereocenters. The topological polar surface area (TPSA) is 353 Å². The maximum absolute atomic E-state index is 13.4. The molecule has 21 nitrogen and oxygen atoms in total. The monoisotopic (exact) mass is 993 g/mol. The summed E-state index contributed by atoms with van der Waals surface area (Å²) in [6.45, 7) is 10.1. The summed E-state index contributed by atoms with van der Waals surface area (Å²) in [5.74, 6) is -0.703. The standard InChI is InChI=1S/C48H80O21/c1-24(13-15-33(53)46(4,5)69-45-42(62)39(59)36(56)32(23-52)68-45)12-14-29(65-44-41(61)38(58)35(55)31(22-51)67-44)25(2)10-8-17-47(6)28(27(26(3)20-49)16-18-48(47,7)63)11-9-19-64-43-40(60)37(57)34(54)30(21-50)66-43/h10,12,20,28-32,34-45,50-52,54-63H,8-9,11,13-19,21-23H2,1-7H3/b24-12+,25-10+,27-26+/t28-,29-,30-,31-,32-,34-,35-,36-,37+,38+,39+,40-,41-,42-,43-,44-,45+,47+,48+/m1/s1. The lowest BCUT2D eigenvalue weighted by atomic mass is 9.54. The predicted molar refractivity (Wildman–Crippen MR) is 242 cm³/mol. The lowest BCUT2D eigenvalue weighted by molar-refractivity contribution is -0.318. The Morgan fingerprint density at radius 2 is 1.25 bits per heavy atom. The summed E-state index contributed by atoms with van der Waals surface area (Å²) in [6.07, 6.45) is -16.1. The van der Waals surface area contributed by atoms with Crippen LogP contribution in [0, 0.1) is 11.3 Å². The molecule has 0 spiro atoms. The number of hydrogen-bond acceptors (Lipinski definition) is 21. The normalized spacial score (nSPS) is 40.6. The second-order valence-corrected chi connectivity index (χ2v) is 20.1. The maximum Gasteiger partial charge on any atom is 0.187 e. The molecule has 0 radical (unpaired) electrons. The Bertz CT molecular complexity index is 1750. The van der Waals surface area contributed by atoms with E-state index in [-0.39, 0.29) is 37.6 Å². The van der Waals surface area contributed by atoms with E-state index in [0.29, 0.717) is 49.7 Å². The van der Waals surface area contributed by atoms with E-state index >= 15 is 0 Å². The summed E-state index contributed by atoms with van der Waals surface area (Å²) >= 11 is 0. The van der Waals surface area contributed by atoms with Crippen molar-refractivity contribution in [2.75, 3.05) is 26.4 Å². The van der Waals surface area contributed by atoms with Crippen LogP contribution >= 0.6 is 0 Å². The van der Waals surface area contributed by atoms with Gasteiger partial charge in [0.15, 0.2) is 24.7 Å². The minimum absolute atomic E-state index is 0.0284. The van der Waals surface area contributed by atoms with Crippen LogP contribution in [0.1, 0.15) is 106 Å². The fourth-order valence-corrected chi connectivity index (χ4v) is 9.74. The molecule has 4 aliphatic rings. The first-order valence-electron chi connectivity index (χ1n) is 23.9. The molecule has 0 aromatic heterocycles. The highest BCUT2D eigenvalue weighted by atomic mass is 16.7. The van der Waals surface area contributed by atoms with E-state index in [1.165, 1.54) is 13.8 Å². The van der Waals surface area contributed by atoms with Gasteiger partial charge in [-0.1, -0.05) is 30.2 Å². The number of carbonyl (C=O) groups is 2. The van der Waals surface area contributed by atoms with Crippen LogP contribution in [0.2, 0.25) is 0 Å². The van der Waals surface area contributed by atoms with E-state index in [1.54, 1.807) is 27.7 Å². The Morgan fingerprint density at radius 3 is 1.78 bits per heavy atom. The van der Waals surface area contributed by atoms with Crippen LogP contribution in [0.4, 0.5) is 0 Å². The molecule has 1 saturated carbocycles. The molecule has 0 aromatic rings. The zero-order chi connectivity index (χ0) is 51.8. The van der Waals surface area contributed by atoms with E-state index in [2.05, 4.69) is 0 Å². The van der Waals surface area contributed by atoms with Gasteiger partial charge in [0.25, 0.3) is 0 Å². The largest absolute Gasteiger partial charge is 0.394 e. The number of Topliss-reactive ketones (excluding diaryl/α,β-unsaturated/α-hetero) is 1. The number of rotatable bonds is 23. The summed E-state index contributed by atoms with van der Waals surface area (Å²) in [7, 11) is 0.